The Balaban J connectivity index is 2.45. The molecule has 1 aromatic carbocycles. The Bertz CT molecular complexity index is 425. The van der Waals surface area contributed by atoms with E-state index in [9.17, 15) is 4.79 Å². The third kappa shape index (κ3) is 4.15. The van der Waals surface area contributed by atoms with Gasteiger partial charge < -0.3 is 0 Å². The standard InChI is InChI=1S/C15H24N2O/c1-11-9-13(3)14(10-12(11)2)7-5-6-8-15(18)17(4)16/h9-10H,5-8,16H2,1-4H3. The minimum absolute atomic E-state index is 0.00630. The van der Waals surface area contributed by atoms with Crippen molar-refractivity contribution in [1.82, 2.24) is 5.01 Å². The van der Waals surface area contributed by atoms with Crippen LogP contribution in [0, 0.1) is 20.8 Å². The Morgan fingerprint density at radius 2 is 1.72 bits per heavy atom. The van der Waals surface area contributed by atoms with Gasteiger partial charge in [-0.25, -0.2) is 5.84 Å². The van der Waals surface area contributed by atoms with Gasteiger partial charge in [0.2, 0.25) is 5.91 Å². The average molecular weight is 248 g/mol. The number of carbonyl (C=O) groups is 1. The molecule has 0 saturated carbocycles. The van der Waals surface area contributed by atoms with Crippen molar-refractivity contribution in [2.75, 3.05) is 7.05 Å². The molecule has 1 rings (SSSR count). The Kier molecular flexibility index (Phi) is 5.35. The van der Waals surface area contributed by atoms with Crippen LogP contribution in [-0.4, -0.2) is 18.0 Å². The molecule has 100 valence electrons. The highest BCUT2D eigenvalue weighted by Crippen LogP contribution is 2.17. The molecular formula is C15H24N2O. The van der Waals surface area contributed by atoms with Crippen molar-refractivity contribution >= 4 is 5.91 Å². The normalized spacial score (nSPS) is 10.5. The molecule has 0 radical (unpaired) electrons. The van der Waals surface area contributed by atoms with E-state index in [-0.39, 0.29) is 5.91 Å². The summed E-state index contributed by atoms with van der Waals surface area (Å²) >= 11 is 0. The van der Waals surface area contributed by atoms with E-state index < -0.39 is 0 Å². The lowest BCUT2D eigenvalue weighted by Gasteiger charge is -2.11. The first-order valence-corrected chi connectivity index (χ1v) is 6.49. The largest absolute Gasteiger partial charge is 0.284 e. The number of hydrazine groups is 1. The molecular weight excluding hydrogens is 224 g/mol. The molecule has 3 nitrogen and oxygen atoms in total. The van der Waals surface area contributed by atoms with Gasteiger partial charge in [-0.2, -0.15) is 0 Å². The molecule has 0 aliphatic heterocycles. The third-order valence-electron chi connectivity index (χ3n) is 3.43. The van der Waals surface area contributed by atoms with Crippen LogP contribution in [0.5, 0.6) is 0 Å². The Hall–Kier alpha value is -1.35. The summed E-state index contributed by atoms with van der Waals surface area (Å²) in [4.78, 5) is 11.3. The number of carbonyl (C=O) groups excluding carboxylic acids is 1. The van der Waals surface area contributed by atoms with E-state index in [0.29, 0.717) is 6.42 Å². The minimum Gasteiger partial charge on any atom is -0.284 e. The molecule has 1 aromatic rings. The van der Waals surface area contributed by atoms with E-state index in [0.717, 1.165) is 19.3 Å². The highest BCUT2D eigenvalue weighted by Gasteiger charge is 2.05. The first-order valence-electron chi connectivity index (χ1n) is 6.49. The fourth-order valence-electron chi connectivity index (χ4n) is 2.06. The van der Waals surface area contributed by atoms with E-state index in [4.69, 9.17) is 5.84 Å². The van der Waals surface area contributed by atoms with Crippen molar-refractivity contribution in [3.63, 3.8) is 0 Å². The summed E-state index contributed by atoms with van der Waals surface area (Å²) in [6.07, 6.45) is 3.50. The molecule has 0 bridgehead atoms. The van der Waals surface area contributed by atoms with Gasteiger partial charge in [0.1, 0.15) is 0 Å². The summed E-state index contributed by atoms with van der Waals surface area (Å²) < 4.78 is 0. The summed E-state index contributed by atoms with van der Waals surface area (Å²) in [7, 11) is 1.59. The highest BCUT2D eigenvalue weighted by atomic mass is 16.2. The fraction of sp³-hybridized carbons (Fsp3) is 0.533. The smallest absolute Gasteiger partial charge is 0.236 e. The molecule has 0 unspecified atom stereocenters. The lowest BCUT2D eigenvalue weighted by atomic mass is 9.97. The maximum absolute atomic E-state index is 11.3. The Morgan fingerprint density at radius 3 is 2.33 bits per heavy atom. The number of nitrogens with two attached hydrogens (primary N) is 1. The van der Waals surface area contributed by atoms with Crippen LogP contribution >= 0.6 is 0 Å². The lowest BCUT2D eigenvalue weighted by Crippen LogP contribution is -2.32. The number of aryl methyl sites for hydroxylation is 4. The number of amides is 1. The van der Waals surface area contributed by atoms with Crippen LogP contribution in [0.3, 0.4) is 0 Å². The van der Waals surface area contributed by atoms with Crippen LogP contribution in [0.15, 0.2) is 12.1 Å². The van der Waals surface area contributed by atoms with Gasteiger partial charge in [0, 0.05) is 13.5 Å². The average Bonchev–Trinajstić information content (AvgIpc) is 2.30. The van der Waals surface area contributed by atoms with Gasteiger partial charge in [-0.1, -0.05) is 12.1 Å². The third-order valence-corrected chi connectivity index (χ3v) is 3.43. The highest BCUT2D eigenvalue weighted by molar-refractivity contribution is 5.75. The van der Waals surface area contributed by atoms with Crippen molar-refractivity contribution in [3.8, 4) is 0 Å². The molecule has 0 atom stereocenters. The van der Waals surface area contributed by atoms with Gasteiger partial charge in [-0.3, -0.25) is 9.80 Å². The molecule has 0 fully saturated rings. The van der Waals surface area contributed by atoms with Crippen LogP contribution < -0.4 is 5.84 Å². The predicted molar refractivity (Wildman–Crippen MR) is 75.2 cm³/mol. The molecule has 1 amide bonds. The van der Waals surface area contributed by atoms with Gasteiger partial charge in [-0.15, -0.1) is 0 Å². The van der Waals surface area contributed by atoms with E-state index in [2.05, 4.69) is 32.9 Å². The van der Waals surface area contributed by atoms with Crippen LogP contribution in [-0.2, 0) is 11.2 Å². The number of benzene rings is 1. The van der Waals surface area contributed by atoms with Crippen molar-refractivity contribution < 1.29 is 4.79 Å². The van der Waals surface area contributed by atoms with E-state index >= 15 is 0 Å². The van der Waals surface area contributed by atoms with Crippen molar-refractivity contribution in [2.24, 2.45) is 5.84 Å². The summed E-state index contributed by atoms with van der Waals surface area (Å²) in [5.41, 5.74) is 5.43. The molecule has 3 heteroatoms. The zero-order valence-electron chi connectivity index (χ0n) is 11.9. The quantitative estimate of drug-likeness (QED) is 0.377. The first-order chi connectivity index (χ1) is 8.41. The number of rotatable bonds is 5. The van der Waals surface area contributed by atoms with E-state index in [1.165, 1.54) is 27.3 Å². The molecule has 0 aromatic heterocycles. The number of hydrogen-bond donors (Lipinski definition) is 1. The second-order valence-corrected chi connectivity index (χ2v) is 5.07. The van der Waals surface area contributed by atoms with Crippen molar-refractivity contribution in [1.29, 1.82) is 0 Å². The predicted octanol–water partition coefficient (Wildman–Crippen LogP) is 2.66. The fourth-order valence-corrected chi connectivity index (χ4v) is 2.06. The topological polar surface area (TPSA) is 46.3 Å². The molecule has 0 aliphatic carbocycles. The number of hydrogen-bond acceptors (Lipinski definition) is 2. The van der Waals surface area contributed by atoms with Crippen molar-refractivity contribution in [3.05, 3.63) is 34.4 Å². The van der Waals surface area contributed by atoms with Crippen LogP contribution in [0.25, 0.3) is 0 Å². The summed E-state index contributed by atoms with van der Waals surface area (Å²) in [6.45, 7) is 6.44. The second kappa shape index (κ2) is 6.55. The molecule has 0 aliphatic rings. The second-order valence-electron chi connectivity index (χ2n) is 5.07. The van der Waals surface area contributed by atoms with Crippen molar-refractivity contribution in [2.45, 2.75) is 46.5 Å². The lowest BCUT2D eigenvalue weighted by molar-refractivity contribution is -0.130. The number of unbranched alkanes of at least 4 members (excludes halogenated alkanes) is 1. The number of nitrogens with zero attached hydrogens (tertiary/aromatic N) is 1. The zero-order valence-corrected chi connectivity index (χ0v) is 11.9. The van der Waals surface area contributed by atoms with Crippen LogP contribution in [0.4, 0.5) is 0 Å². The van der Waals surface area contributed by atoms with E-state index in [1.807, 2.05) is 0 Å². The van der Waals surface area contributed by atoms with Gasteiger partial charge in [-0.05, 0) is 62.3 Å². The summed E-state index contributed by atoms with van der Waals surface area (Å²) in [5, 5.41) is 1.17. The monoisotopic (exact) mass is 248 g/mol. The maximum Gasteiger partial charge on any atom is 0.236 e. The Morgan fingerprint density at radius 1 is 1.11 bits per heavy atom. The minimum atomic E-state index is 0.00630. The van der Waals surface area contributed by atoms with Crippen LogP contribution in [0.1, 0.15) is 41.5 Å². The Labute approximate surface area is 110 Å². The maximum atomic E-state index is 11.3. The molecule has 0 spiro atoms. The first kappa shape index (κ1) is 14.7. The summed E-state index contributed by atoms with van der Waals surface area (Å²) in [6, 6.07) is 4.50. The SMILES string of the molecule is Cc1cc(C)c(CCCCC(=O)N(C)N)cc1C. The van der Waals surface area contributed by atoms with Gasteiger partial charge in [0.15, 0.2) is 0 Å². The van der Waals surface area contributed by atoms with E-state index in [1.54, 1.807) is 7.05 Å². The molecule has 18 heavy (non-hydrogen) atoms. The van der Waals surface area contributed by atoms with Gasteiger partial charge >= 0.3 is 0 Å². The molecule has 0 saturated heterocycles. The zero-order chi connectivity index (χ0) is 13.7. The van der Waals surface area contributed by atoms with Gasteiger partial charge in [0.25, 0.3) is 0 Å². The summed E-state index contributed by atoms with van der Waals surface area (Å²) in [5.74, 6) is 5.38. The molecule has 0 heterocycles. The molecule has 2 N–H and O–H groups in total. The van der Waals surface area contributed by atoms with Crippen LogP contribution in [0.2, 0.25) is 0 Å². The van der Waals surface area contributed by atoms with Gasteiger partial charge in [0.05, 0.1) is 0 Å².